The third-order valence-electron chi connectivity index (χ3n) is 3.62. The molecule has 1 amide bonds. The Morgan fingerprint density at radius 1 is 1.29 bits per heavy atom. The topological polar surface area (TPSA) is 82.3 Å². The maximum atomic E-state index is 13.4. The Kier molecular flexibility index (Phi) is 6.17. The Bertz CT molecular complexity index is 939. The highest BCUT2D eigenvalue weighted by molar-refractivity contribution is 5.97. The monoisotopic (exact) mass is 417 g/mol. The van der Waals surface area contributed by atoms with E-state index in [1.54, 1.807) is 0 Å². The van der Waals surface area contributed by atoms with Crippen LogP contribution in [0.2, 0.25) is 5.02 Å². The van der Waals surface area contributed by atoms with Crippen molar-refractivity contribution < 1.29 is 43.8 Å². The first-order chi connectivity index (χ1) is 12.9. The summed E-state index contributed by atoms with van der Waals surface area (Å²) in [5.74, 6) is -1.75. The normalized spacial score (nSPS) is 13.4. The number of benzene rings is 2. The molecule has 0 radical (unpaired) electrons. The summed E-state index contributed by atoms with van der Waals surface area (Å²) in [6.45, 7) is 0.478. The van der Waals surface area contributed by atoms with Gasteiger partial charge in [0.15, 0.2) is 23.0 Å². The molecule has 0 saturated heterocycles. The maximum absolute atomic E-state index is 13.4. The van der Waals surface area contributed by atoms with Gasteiger partial charge in [-0.3, -0.25) is 4.79 Å². The molecule has 10 heteroatoms. The molecule has 2 rings (SSSR count). The number of anilines is 1. The highest BCUT2D eigenvalue weighted by Gasteiger charge is 2.35. The number of nitrogens with zero attached hydrogens (tertiary/aromatic N) is 1. The van der Waals surface area contributed by atoms with Gasteiger partial charge in [-0.2, -0.15) is 18.4 Å². The van der Waals surface area contributed by atoms with Crippen molar-refractivity contribution in [2.75, 3.05) is 11.9 Å². The average molecular weight is 418 g/mol. The molecular formula is C18H14ClF4N2O3+. The lowest BCUT2D eigenvalue weighted by Gasteiger charge is -2.23. The molecule has 0 aliphatic rings. The molecule has 0 heterocycles. The zero-order chi connectivity index (χ0) is 21.1. The predicted octanol–water partition coefficient (Wildman–Crippen LogP) is 3.18. The first kappa shape index (κ1) is 21.5. The smallest absolute Gasteiger partial charge is 0.417 e. The number of amides is 1. The standard InChI is InChI=1S/C18H13ClF4N2O3/c1-17(27,9-28-12-4-5-14(19)15(20)7-12)16(26)25-11-3-2-10(8-24)13(6-11)18(21,22)23/h2-7,19,27H,9H2,1H3/p+1/t17-/m1/s1. The number of nitriles is 1. The van der Waals surface area contributed by atoms with Gasteiger partial charge in [0.2, 0.25) is 0 Å². The minimum absolute atomic E-state index is 0.0110. The van der Waals surface area contributed by atoms with Crippen molar-refractivity contribution in [2.45, 2.75) is 18.7 Å². The van der Waals surface area contributed by atoms with Crippen LogP contribution in [0.1, 0.15) is 18.1 Å². The van der Waals surface area contributed by atoms with Crippen LogP contribution in [0, 0.1) is 28.7 Å². The van der Waals surface area contributed by atoms with Crippen LogP contribution in [0.15, 0.2) is 36.4 Å². The van der Waals surface area contributed by atoms with Crippen molar-refractivity contribution in [1.29, 1.82) is 5.26 Å². The van der Waals surface area contributed by atoms with E-state index in [0.29, 0.717) is 6.07 Å². The van der Waals surface area contributed by atoms with Gasteiger partial charge in [-0.25, -0.2) is 4.39 Å². The quantitative estimate of drug-likeness (QED) is 0.732. The van der Waals surface area contributed by atoms with E-state index in [9.17, 15) is 27.5 Å². The largest absolute Gasteiger partial charge is 0.490 e. The van der Waals surface area contributed by atoms with Crippen molar-refractivity contribution in [3.8, 4) is 11.8 Å². The molecule has 2 aromatic rings. The second-order valence-electron chi connectivity index (χ2n) is 5.98. The highest BCUT2D eigenvalue weighted by atomic mass is 35.5. The summed E-state index contributed by atoms with van der Waals surface area (Å²) < 4.78 is 57.5. The molecular weight excluding hydrogens is 404 g/mol. The fourth-order valence-electron chi connectivity index (χ4n) is 2.08. The third kappa shape index (κ3) is 5.12. The molecule has 0 aliphatic carbocycles. The molecule has 148 valence electrons. The van der Waals surface area contributed by atoms with Crippen molar-refractivity contribution in [2.24, 2.45) is 0 Å². The molecule has 28 heavy (non-hydrogen) atoms. The lowest BCUT2D eigenvalue weighted by atomic mass is 10.1. The molecule has 2 aromatic carbocycles. The van der Waals surface area contributed by atoms with E-state index < -0.39 is 41.2 Å². The molecule has 0 aliphatic heterocycles. The lowest BCUT2D eigenvalue weighted by molar-refractivity contribution is -0.293. The van der Waals surface area contributed by atoms with Crippen molar-refractivity contribution in [3.05, 3.63) is 58.4 Å². The number of nitrogens with one attached hydrogen (secondary N) is 1. The summed E-state index contributed by atoms with van der Waals surface area (Å²) in [7, 11) is 0. The van der Waals surface area contributed by atoms with E-state index in [1.165, 1.54) is 18.2 Å². The first-order valence-electron chi connectivity index (χ1n) is 7.68. The van der Waals surface area contributed by atoms with Crippen molar-refractivity contribution >= 4 is 11.6 Å². The summed E-state index contributed by atoms with van der Waals surface area (Å²) >= 11 is 4.70. The van der Waals surface area contributed by atoms with Crippen molar-refractivity contribution in [1.82, 2.24) is 0 Å². The number of carbonyl (C=O) groups excluding carboxylic acids is 1. The van der Waals surface area contributed by atoms with E-state index in [2.05, 4.69) is 5.32 Å². The number of carbonyl (C=O) groups is 1. The number of ether oxygens (including phenoxy) is 1. The van der Waals surface area contributed by atoms with Crippen LogP contribution in [0.5, 0.6) is 5.75 Å². The summed E-state index contributed by atoms with van der Waals surface area (Å²) in [6.07, 6.45) is -4.79. The number of alkyl halides is 3. The van der Waals surface area contributed by atoms with Gasteiger partial charge in [0.1, 0.15) is 12.4 Å². The number of hydrogen-bond donors (Lipinski definition) is 2. The minimum Gasteiger partial charge on any atom is -0.490 e. The second kappa shape index (κ2) is 8.04. The van der Waals surface area contributed by atoms with Crippen LogP contribution in [-0.2, 0) is 11.0 Å². The third-order valence-corrected chi connectivity index (χ3v) is 3.95. The molecule has 1 atom stereocenters. The zero-order valence-corrected chi connectivity index (χ0v) is 15.1. The summed E-state index contributed by atoms with van der Waals surface area (Å²) in [6, 6.07) is 7.60. The van der Waals surface area contributed by atoms with Gasteiger partial charge in [0.05, 0.1) is 17.2 Å². The summed E-state index contributed by atoms with van der Waals surface area (Å²) in [5, 5.41) is 21.1. The Morgan fingerprint density at radius 3 is 2.54 bits per heavy atom. The van der Waals surface area contributed by atoms with E-state index in [-0.39, 0.29) is 16.5 Å². The van der Waals surface area contributed by atoms with E-state index in [1.807, 2.05) is 0 Å². The Balaban J connectivity index is 2.12. The van der Waals surface area contributed by atoms with Crippen LogP contribution < -0.4 is 10.1 Å². The molecule has 2 N–H and O–H groups in total. The van der Waals surface area contributed by atoms with Crippen LogP contribution in [-0.4, -0.2) is 23.2 Å². The molecule has 0 aromatic heterocycles. The Morgan fingerprint density at radius 2 is 1.96 bits per heavy atom. The fraction of sp³-hybridized carbons (Fsp3) is 0.222. The Labute approximate surface area is 162 Å². The molecule has 0 bridgehead atoms. The second-order valence-corrected chi connectivity index (χ2v) is 6.42. The van der Waals surface area contributed by atoms with E-state index in [0.717, 1.165) is 25.1 Å². The predicted molar refractivity (Wildman–Crippen MR) is 87.9 cm³/mol. The van der Waals surface area contributed by atoms with Crippen LogP contribution in [0.3, 0.4) is 0 Å². The van der Waals surface area contributed by atoms with Gasteiger partial charge < -0.3 is 15.2 Å². The zero-order valence-electron chi connectivity index (χ0n) is 14.3. The minimum atomic E-state index is -4.79. The van der Waals surface area contributed by atoms with Gasteiger partial charge >= 0.3 is 6.18 Å². The highest BCUT2D eigenvalue weighted by Crippen LogP contribution is 2.33. The van der Waals surface area contributed by atoms with Gasteiger partial charge in [0.25, 0.3) is 10.9 Å². The van der Waals surface area contributed by atoms with Crippen LogP contribution in [0.25, 0.3) is 0 Å². The van der Waals surface area contributed by atoms with Gasteiger partial charge in [-0.05, 0) is 31.2 Å². The molecule has 0 unspecified atom stereocenters. The van der Waals surface area contributed by atoms with Gasteiger partial charge in [-0.1, -0.05) is 0 Å². The SMILES string of the molecule is C[C@@](O)(COc1ccc([ClH+])c(F)c1)C(=O)Nc1ccc(C#N)c(C(F)(F)F)c1. The van der Waals surface area contributed by atoms with Crippen molar-refractivity contribution in [3.63, 3.8) is 0 Å². The number of hydrogen-bond acceptors (Lipinski definition) is 4. The number of rotatable bonds is 5. The lowest BCUT2D eigenvalue weighted by Crippen LogP contribution is -2.45. The molecule has 0 fully saturated rings. The summed E-state index contributed by atoms with van der Waals surface area (Å²) in [4.78, 5) is 12.2. The van der Waals surface area contributed by atoms with Crippen LogP contribution in [0.4, 0.5) is 23.2 Å². The first-order valence-corrected chi connectivity index (χ1v) is 8.09. The molecule has 5 nitrogen and oxygen atoms in total. The number of aliphatic hydroxyl groups is 1. The fourth-order valence-corrected chi connectivity index (χ4v) is 2.21. The van der Waals surface area contributed by atoms with Gasteiger partial charge in [-0.15, -0.1) is 0 Å². The molecule has 0 saturated carbocycles. The van der Waals surface area contributed by atoms with E-state index in [4.69, 9.17) is 21.6 Å². The van der Waals surface area contributed by atoms with Gasteiger partial charge in [0, 0.05) is 17.8 Å². The van der Waals surface area contributed by atoms with Crippen LogP contribution >= 0.6 is 0 Å². The maximum Gasteiger partial charge on any atom is 0.417 e. The number of halogens is 5. The Hall–Kier alpha value is -2.83. The molecule has 0 spiro atoms. The van der Waals surface area contributed by atoms with E-state index >= 15 is 0 Å². The summed E-state index contributed by atoms with van der Waals surface area (Å²) in [5.41, 5.74) is -4.23. The average Bonchev–Trinajstić information content (AvgIpc) is 2.62.